The van der Waals surface area contributed by atoms with E-state index in [2.05, 4.69) is 15.6 Å². The number of hydrogen-bond donors (Lipinski definition) is 2. The molecule has 3 aromatic carbocycles. The highest BCUT2D eigenvalue weighted by Gasteiger charge is 2.09. The van der Waals surface area contributed by atoms with E-state index in [1.807, 2.05) is 54.6 Å². The molecule has 148 valence electrons. The van der Waals surface area contributed by atoms with Crippen molar-refractivity contribution in [2.75, 3.05) is 10.6 Å². The van der Waals surface area contributed by atoms with Crippen molar-refractivity contribution < 1.29 is 13.9 Å². The summed E-state index contributed by atoms with van der Waals surface area (Å²) in [6.07, 6.45) is 1.53. The molecule has 1 heterocycles. The van der Waals surface area contributed by atoms with Crippen molar-refractivity contribution in [2.45, 2.75) is 0 Å². The summed E-state index contributed by atoms with van der Waals surface area (Å²) in [6, 6.07) is 26.0. The molecular weight excluding hydrogens is 381 g/mol. The summed E-state index contributed by atoms with van der Waals surface area (Å²) in [5, 5.41) is 5.91. The van der Waals surface area contributed by atoms with E-state index in [4.69, 9.17) is 4.74 Å². The van der Waals surface area contributed by atoms with Crippen molar-refractivity contribution in [2.24, 2.45) is 0 Å². The van der Waals surface area contributed by atoms with Gasteiger partial charge in [-0.05, 0) is 54.6 Å². The number of anilines is 3. The van der Waals surface area contributed by atoms with Crippen LogP contribution in [-0.4, -0.2) is 10.9 Å². The van der Waals surface area contributed by atoms with Gasteiger partial charge in [-0.25, -0.2) is 9.37 Å². The number of nitrogens with zero attached hydrogens (tertiary/aromatic N) is 1. The number of hydrogen-bond acceptors (Lipinski definition) is 4. The van der Waals surface area contributed by atoms with Gasteiger partial charge in [0.1, 0.15) is 17.4 Å². The van der Waals surface area contributed by atoms with E-state index in [1.165, 1.54) is 24.4 Å². The van der Waals surface area contributed by atoms with Gasteiger partial charge in [-0.1, -0.05) is 36.4 Å². The Morgan fingerprint density at radius 2 is 1.67 bits per heavy atom. The molecule has 0 aliphatic carbocycles. The maximum Gasteiger partial charge on any atom is 0.255 e. The minimum atomic E-state index is -0.461. The Balaban J connectivity index is 1.45. The fraction of sp³-hybridized carbons (Fsp3) is 0. The van der Waals surface area contributed by atoms with Crippen molar-refractivity contribution in [1.29, 1.82) is 0 Å². The number of amides is 1. The number of aromatic nitrogens is 1. The van der Waals surface area contributed by atoms with Crippen LogP contribution in [0.3, 0.4) is 0 Å². The molecule has 0 radical (unpaired) electrons. The molecule has 4 rings (SSSR count). The summed E-state index contributed by atoms with van der Waals surface area (Å²) in [5.74, 6) is 1.11. The summed E-state index contributed by atoms with van der Waals surface area (Å²) in [7, 11) is 0. The second-order valence-corrected chi connectivity index (χ2v) is 6.43. The molecule has 1 amide bonds. The zero-order chi connectivity index (χ0) is 20.8. The highest BCUT2D eigenvalue weighted by Crippen LogP contribution is 2.31. The Kier molecular flexibility index (Phi) is 5.66. The fourth-order valence-corrected chi connectivity index (χ4v) is 2.79. The summed E-state index contributed by atoms with van der Waals surface area (Å²) in [5.41, 5.74) is 1.50. The summed E-state index contributed by atoms with van der Waals surface area (Å²) < 4.78 is 19.2. The minimum Gasteiger partial charge on any atom is -0.455 e. The van der Waals surface area contributed by atoms with E-state index in [9.17, 15) is 9.18 Å². The number of benzene rings is 3. The third kappa shape index (κ3) is 4.80. The van der Waals surface area contributed by atoms with Gasteiger partial charge in [0.15, 0.2) is 5.75 Å². The first-order valence-corrected chi connectivity index (χ1v) is 9.29. The number of pyridine rings is 1. The maximum atomic E-state index is 13.3. The van der Waals surface area contributed by atoms with Crippen molar-refractivity contribution in [1.82, 2.24) is 4.98 Å². The third-order valence-corrected chi connectivity index (χ3v) is 4.23. The lowest BCUT2D eigenvalue weighted by Crippen LogP contribution is -2.12. The van der Waals surface area contributed by atoms with Crippen LogP contribution in [0.1, 0.15) is 10.4 Å². The highest BCUT2D eigenvalue weighted by atomic mass is 19.1. The zero-order valence-corrected chi connectivity index (χ0v) is 15.9. The van der Waals surface area contributed by atoms with E-state index in [0.717, 1.165) is 11.4 Å². The van der Waals surface area contributed by atoms with Crippen LogP contribution in [0.25, 0.3) is 0 Å². The minimum absolute atomic E-state index is 0.240. The van der Waals surface area contributed by atoms with E-state index in [0.29, 0.717) is 17.3 Å². The normalized spacial score (nSPS) is 10.3. The Hall–Kier alpha value is -4.19. The topological polar surface area (TPSA) is 63.2 Å². The average molecular weight is 399 g/mol. The van der Waals surface area contributed by atoms with Crippen molar-refractivity contribution in [3.05, 3.63) is 109 Å². The molecule has 0 atom stereocenters. The van der Waals surface area contributed by atoms with E-state index in [1.54, 1.807) is 18.2 Å². The lowest BCUT2D eigenvalue weighted by Gasteiger charge is -2.13. The Bertz CT molecular complexity index is 1150. The molecule has 30 heavy (non-hydrogen) atoms. The van der Waals surface area contributed by atoms with Crippen LogP contribution >= 0.6 is 0 Å². The summed E-state index contributed by atoms with van der Waals surface area (Å²) in [6.45, 7) is 0. The molecule has 0 saturated carbocycles. The monoisotopic (exact) mass is 399 g/mol. The standard InChI is InChI=1S/C24H18FN3O2/c25-18-8-6-7-17(15-18)24(29)27-19-13-14-23(26-16-19)28-21-11-4-5-12-22(21)30-20-9-2-1-3-10-20/h1-16H,(H,26,28)(H,27,29). The second kappa shape index (κ2) is 8.87. The summed E-state index contributed by atoms with van der Waals surface area (Å²) >= 11 is 0. The molecule has 2 N–H and O–H groups in total. The first-order valence-electron chi connectivity index (χ1n) is 9.29. The number of para-hydroxylation sites is 3. The van der Waals surface area contributed by atoms with Gasteiger partial charge in [-0.15, -0.1) is 0 Å². The Labute approximate surface area is 173 Å². The van der Waals surface area contributed by atoms with Crippen LogP contribution in [0, 0.1) is 5.82 Å². The van der Waals surface area contributed by atoms with Gasteiger partial charge >= 0.3 is 0 Å². The number of carbonyl (C=O) groups is 1. The highest BCUT2D eigenvalue weighted by molar-refractivity contribution is 6.04. The molecule has 0 aliphatic rings. The number of rotatable bonds is 6. The molecule has 5 nitrogen and oxygen atoms in total. The van der Waals surface area contributed by atoms with Gasteiger partial charge < -0.3 is 15.4 Å². The largest absolute Gasteiger partial charge is 0.455 e. The molecule has 0 fully saturated rings. The van der Waals surface area contributed by atoms with Gasteiger partial charge in [-0.2, -0.15) is 0 Å². The second-order valence-electron chi connectivity index (χ2n) is 6.43. The summed E-state index contributed by atoms with van der Waals surface area (Å²) in [4.78, 5) is 16.6. The smallest absolute Gasteiger partial charge is 0.255 e. The third-order valence-electron chi connectivity index (χ3n) is 4.23. The molecule has 0 spiro atoms. The lowest BCUT2D eigenvalue weighted by molar-refractivity contribution is 0.102. The van der Waals surface area contributed by atoms with Gasteiger partial charge in [0, 0.05) is 5.56 Å². The predicted octanol–water partition coefficient (Wildman–Crippen LogP) is 6.01. The number of ether oxygens (including phenoxy) is 1. The van der Waals surface area contributed by atoms with Crippen LogP contribution in [0.4, 0.5) is 21.6 Å². The van der Waals surface area contributed by atoms with E-state index in [-0.39, 0.29) is 5.56 Å². The molecule has 0 saturated heterocycles. The van der Waals surface area contributed by atoms with Gasteiger partial charge in [0.2, 0.25) is 0 Å². The van der Waals surface area contributed by atoms with Crippen LogP contribution in [0.15, 0.2) is 97.2 Å². The van der Waals surface area contributed by atoms with Crippen molar-refractivity contribution in [3.8, 4) is 11.5 Å². The van der Waals surface area contributed by atoms with Crippen LogP contribution in [0.5, 0.6) is 11.5 Å². The molecule has 0 unspecified atom stereocenters. The SMILES string of the molecule is O=C(Nc1ccc(Nc2ccccc2Oc2ccccc2)nc1)c1cccc(F)c1. The average Bonchev–Trinajstić information content (AvgIpc) is 2.77. The Morgan fingerprint density at radius 3 is 2.43 bits per heavy atom. The molecular formula is C24H18FN3O2. The molecule has 4 aromatic rings. The van der Waals surface area contributed by atoms with Gasteiger partial charge in [-0.3, -0.25) is 4.79 Å². The quantitative estimate of drug-likeness (QED) is 0.417. The lowest BCUT2D eigenvalue weighted by atomic mass is 10.2. The molecule has 0 aliphatic heterocycles. The van der Waals surface area contributed by atoms with Crippen molar-refractivity contribution in [3.63, 3.8) is 0 Å². The van der Waals surface area contributed by atoms with E-state index >= 15 is 0 Å². The first-order chi connectivity index (χ1) is 14.7. The fourth-order valence-electron chi connectivity index (χ4n) is 2.79. The number of carbonyl (C=O) groups excluding carboxylic acids is 1. The van der Waals surface area contributed by atoms with E-state index < -0.39 is 11.7 Å². The van der Waals surface area contributed by atoms with Crippen LogP contribution in [-0.2, 0) is 0 Å². The maximum absolute atomic E-state index is 13.3. The van der Waals surface area contributed by atoms with Gasteiger partial charge in [0.05, 0.1) is 17.6 Å². The molecule has 6 heteroatoms. The Morgan fingerprint density at radius 1 is 0.867 bits per heavy atom. The predicted molar refractivity (Wildman–Crippen MR) is 115 cm³/mol. The molecule has 0 bridgehead atoms. The zero-order valence-electron chi connectivity index (χ0n) is 15.9. The van der Waals surface area contributed by atoms with Gasteiger partial charge in [0.25, 0.3) is 5.91 Å². The van der Waals surface area contributed by atoms with Crippen molar-refractivity contribution >= 4 is 23.1 Å². The number of halogens is 1. The van der Waals surface area contributed by atoms with Crippen LogP contribution < -0.4 is 15.4 Å². The number of nitrogens with one attached hydrogen (secondary N) is 2. The van der Waals surface area contributed by atoms with Crippen LogP contribution in [0.2, 0.25) is 0 Å². The molecule has 1 aromatic heterocycles. The first kappa shape index (κ1) is 19.1.